The topological polar surface area (TPSA) is 99.5 Å². The Kier molecular flexibility index (Phi) is 11.0. The number of aliphatic hydroxyl groups is 1. The first kappa shape index (κ1) is 24.7. The van der Waals surface area contributed by atoms with Crippen LogP contribution in [0.5, 0.6) is 0 Å². The fourth-order valence-electron chi connectivity index (χ4n) is 2.89. The van der Waals surface area contributed by atoms with Gasteiger partial charge in [0, 0.05) is 30.3 Å². The number of carboxylic acid groups (broad SMARTS) is 1. The third kappa shape index (κ3) is 9.58. The summed E-state index contributed by atoms with van der Waals surface area (Å²) < 4.78 is 0. The van der Waals surface area contributed by atoms with Crippen molar-refractivity contribution in [2.45, 2.75) is 38.0 Å². The standard InChI is InChI=1S/C21H26N2O3S.CH4O/c1-21(2,14-20(25)26)13-16-7-8-18(17(12-16)15-24)27-11-5-10-23-19-6-3-4-9-22-19;1-2/h3-4,6-9,12,15H,5,10-11,13-14H2,1-2H3,(H,22,23)(H,25,26);2H,1H3. The number of carbonyl (C=O) groups is 2. The summed E-state index contributed by atoms with van der Waals surface area (Å²) in [6.45, 7) is 4.68. The van der Waals surface area contributed by atoms with Crippen molar-refractivity contribution in [3.63, 3.8) is 0 Å². The van der Waals surface area contributed by atoms with Crippen LogP contribution in [0.3, 0.4) is 0 Å². The minimum absolute atomic E-state index is 0.100. The maximum atomic E-state index is 11.5. The number of pyridine rings is 1. The van der Waals surface area contributed by atoms with Crippen molar-refractivity contribution in [3.05, 3.63) is 53.7 Å². The number of aliphatic hydroxyl groups excluding tert-OH is 1. The molecule has 0 saturated heterocycles. The number of nitrogens with one attached hydrogen (secondary N) is 1. The van der Waals surface area contributed by atoms with Crippen LogP contribution in [0.1, 0.15) is 42.6 Å². The van der Waals surface area contributed by atoms with Crippen LogP contribution >= 0.6 is 11.8 Å². The zero-order chi connectivity index (χ0) is 21.7. The van der Waals surface area contributed by atoms with Crippen molar-refractivity contribution in [1.29, 1.82) is 0 Å². The molecule has 0 amide bonds. The van der Waals surface area contributed by atoms with E-state index in [9.17, 15) is 9.59 Å². The molecule has 0 atom stereocenters. The van der Waals surface area contributed by atoms with E-state index in [1.165, 1.54) is 0 Å². The number of hydrogen-bond donors (Lipinski definition) is 3. The van der Waals surface area contributed by atoms with Gasteiger partial charge in [-0.15, -0.1) is 11.8 Å². The average molecular weight is 419 g/mol. The molecule has 0 spiro atoms. The maximum absolute atomic E-state index is 11.5. The first-order valence-corrected chi connectivity index (χ1v) is 10.4. The van der Waals surface area contributed by atoms with Crippen LogP contribution in [0.2, 0.25) is 0 Å². The predicted octanol–water partition coefficient (Wildman–Crippen LogP) is 4.14. The summed E-state index contributed by atoms with van der Waals surface area (Å²) in [6, 6.07) is 11.6. The van der Waals surface area contributed by atoms with Crippen LogP contribution in [0.4, 0.5) is 5.82 Å². The Morgan fingerprint density at radius 2 is 2.00 bits per heavy atom. The highest BCUT2D eigenvalue weighted by molar-refractivity contribution is 7.99. The Morgan fingerprint density at radius 1 is 1.24 bits per heavy atom. The highest BCUT2D eigenvalue weighted by Gasteiger charge is 2.22. The third-order valence-corrected chi connectivity index (χ3v) is 5.24. The number of aromatic nitrogens is 1. The molecule has 0 aliphatic carbocycles. The lowest BCUT2D eigenvalue weighted by Crippen LogP contribution is -2.19. The largest absolute Gasteiger partial charge is 0.481 e. The molecule has 0 aliphatic rings. The summed E-state index contributed by atoms with van der Waals surface area (Å²) in [6.07, 6.45) is 4.31. The second-order valence-electron chi connectivity index (χ2n) is 7.25. The number of aldehydes is 1. The van der Waals surface area contributed by atoms with Gasteiger partial charge in [-0.05, 0) is 53.8 Å². The van der Waals surface area contributed by atoms with Crippen LogP contribution in [0.15, 0.2) is 47.5 Å². The Balaban J connectivity index is 0.00000204. The minimum Gasteiger partial charge on any atom is -0.481 e. The minimum atomic E-state index is -0.804. The molecule has 2 rings (SSSR count). The van der Waals surface area contributed by atoms with E-state index in [0.29, 0.717) is 12.0 Å². The number of nitrogens with zero attached hydrogens (tertiary/aromatic N) is 1. The van der Waals surface area contributed by atoms with E-state index >= 15 is 0 Å². The van der Waals surface area contributed by atoms with Gasteiger partial charge in [0.25, 0.3) is 0 Å². The number of anilines is 1. The Hall–Kier alpha value is -2.38. The molecule has 1 heterocycles. The van der Waals surface area contributed by atoms with Gasteiger partial charge in [0.2, 0.25) is 0 Å². The number of rotatable bonds is 11. The Labute approximate surface area is 176 Å². The van der Waals surface area contributed by atoms with Crippen LogP contribution in [0, 0.1) is 5.41 Å². The fraction of sp³-hybridized carbons (Fsp3) is 0.409. The highest BCUT2D eigenvalue weighted by atomic mass is 32.2. The van der Waals surface area contributed by atoms with Crippen molar-refractivity contribution >= 4 is 29.8 Å². The molecule has 1 aromatic heterocycles. The van der Waals surface area contributed by atoms with Gasteiger partial charge in [0.05, 0.1) is 6.42 Å². The molecule has 3 N–H and O–H groups in total. The van der Waals surface area contributed by atoms with Crippen molar-refractivity contribution in [2.24, 2.45) is 5.41 Å². The van der Waals surface area contributed by atoms with Gasteiger partial charge in [-0.25, -0.2) is 4.98 Å². The molecule has 0 radical (unpaired) electrons. The van der Waals surface area contributed by atoms with Crippen LogP contribution in [-0.2, 0) is 11.2 Å². The van der Waals surface area contributed by atoms with Gasteiger partial charge >= 0.3 is 5.97 Å². The molecule has 0 aliphatic heterocycles. The molecule has 2 aromatic rings. The summed E-state index contributed by atoms with van der Waals surface area (Å²) in [5.41, 5.74) is 1.31. The number of carbonyl (C=O) groups excluding carboxylic acids is 1. The van der Waals surface area contributed by atoms with E-state index in [-0.39, 0.29) is 11.8 Å². The van der Waals surface area contributed by atoms with Gasteiger partial charge in [-0.3, -0.25) is 9.59 Å². The van der Waals surface area contributed by atoms with Crippen molar-refractivity contribution in [1.82, 2.24) is 4.98 Å². The van der Waals surface area contributed by atoms with Crippen molar-refractivity contribution in [2.75, 3.05) is 24.7 Å². The summed E-state index contributed by atoms with van der Waals surface area (Å²) in [5, 5.41) is 19.3. The lowest BCUT2D eigenvalue weighted by atomic mass is 9.82. The monoisotopic (exact) mass is 418 g/mol. The first-order valence-electron chi connectivity index (χ1n) is 9.42. The Bertz CT molecular complexity index is 767. The highest BCUT2D eigenvalue weighted by Crippen LogP contribution is 2.29. The summed E-state index contributed by atoms with van der Waals surface area (Å²) in [5.74, 6) is 0.955. The van der Waals surface area contributed by atoms with Gasteiger partial charge in [-0.2, -0.15) is 0 Å². The number of benzene rings is 1. The summed E-state index contributed by atoms with van der Waals surface area (Å²) >= 11 is 1.66. The first-order chi connectivity index (χ1) is 13.9. The van der Waals surface area contributed by atoms with Gasteiger partial charge in [-0.1, -0.05) is 26.0 Å². The molecular formula is C22H30N2O4S. The van der Waals surface area contributed by atoms with Gasteiger partial charge in [0.1, 0.15) is 5.82 Å². The number of thioether (sulfide) groups is 1. The molecule has 0 bridgehead atoms. The summed E-state index contributed by atoms with van der Waals surface area (Å²) in [7, 11) is 1.00. The maximum Gasteiger partial charge on any atom is 0.303 e. The number of carboxylic acids is 1. The lowest BCUT2D eigenvalue weighted by Gasteiger charge is -2.22. The Morgan fingerprint density at radius 3 is 2.62 bits per heavy atom. The van der Waals surface area contributed by atoms with Gasteiger partial charge < -0.3 is 15.5 Å². The van der Waals surface area contributed by atoms with E-state index in [1.54, 1.807) is 18.0 Å². The molecule has 0 saturated carbocycles. The molecule has 1 aromatic carbocycles. The van der Waals surface area contributed by atoms with E-state index < -0.39 is 5.97 Å². The molecule has 7 heteroatoms. The van der Waals surface area contributed by atoms with Gasteiger partial charge in [0.15, 0.2) is 6.29 Å². The smallest absolute Gasteiger partial charge is 0.303 e. The number of hydrogen-bond acceptors (Lipinski definition) is 6. The molecular weight excluding hydrogens is 388 g/mol. The normalized spacial score (nSPS) is 10.6. The second kappa shape index (κ2) is 13.0. The molecule has 0 unspecified atom stereocenters. The van der Waals surface area contributed by atoms with E-state index in [2.05, 4.69) is 10.3 Å². The molecule has 29 heavy (non-hydrogen) atoms. The molecule has 158 valence electrons. The fourth-order valence-corrected chi connectivity index (χ4v) is 3.84. The van der Waals surface area contributed by atoms with E-state index in [4.69, 9.17) is 10.2 Å². The lowest BCUT2D eigenvalue weighted by molar-refractivity contribution is -0.139. The molecule has 6 nitrogen and oxygen atoms in total. The van der Waals surface area contributed by atoms with E-state index in [0.717, 1.165) is 48.4 Å². The van der Waals surface area contributed by atoms with Crippen molar-refractivity contribution in [3.8, 4) is 0 Å². The third-order valence-electron chi connectivity index (χ3n) is 4.06. The predicted molar refractivity (Wildman–Crippen MR) is 118 cm³/mol. The summed E-state index contributed by atoms with van der Waals surface area (Å²) in [4.78, 5) is 27.6. The SMILES string of the molecule is CC(C)(CC(=O)O)Cc1ccc(SCCCNc2ccccn2)c(C=O)c1.CO. The zero-order valence-corrected chi connectivity index (χ0v) is 18.0. The number of aliphatic carboxylic acids is 1. The zero-order valence-electron chi connectivity index (χ0n) is 17.2. The quantitative estimate of drug-likeness (QED) is 0.286. The van der Waals surface area contributed by atoms with Crippen LogP contribution < -0.4 is 5.32 Å². The van der Waals surface area contributed by atoms with E-state index in [1.807, 2.05) is 50.2 Å². The molecule has 0 fully saturated rings. The van der Waals surface area contributed by atoms with Crippen LogP contribution in [0.25, 0.3) is 0 Å². The average Bonchev–Trinajstić information content (AvgIpc) is 2.69. The second-order valence-corrected chi connectivity index (χ2v) is 8.38. The van der Waals surface area contributed by atoms with Crippen LogP contribution in [-0.4, -0.2) is 46.9 Å². The van der Waals surface area contributed by atoms with Crippen molar-refractivity contribution < 1.29 is 19.8 Å².